The minimum atomic E-state index is 0.157. The van der Waals surface area contributed by atoms with Crippen LogP contribution in [0.25, 0.3) is 0 Å². The molecule has 0 aliphatic carbocycles. The highest BCUT2D eigenvalue weighted by molar-refractivity contribution is 5.96. The quantitative estimate of drug-likeness (QED) is 0.673. The predicted molar refractivity (Wildman–Crippen MR) is 78.9 cm³/mol. The second-order valence-electron chi connectivity index (χ2n) is 4.89. The molecule has 1 aromatic rings. The Morgan fingerprint density at radius 2 is 1.74 bits per heavy atom. The molecule has 106 valence electrons. The van der Waals surface area contributed by atoms with E-state index in [1.165, 1.54) is 0 Å². The van der Waals surface area contributed by atoms with E-state index in [2.05, 4.69) is 18.7 Å². The van der Waals surface area contributed by atoms with Gasteiger partial charge >= 0.3 is 0 Å². The van der Waals surface area contributed by atoms with E-state index >= 15 is 0 Å². The van der Waals surface area contributed by atoms with E-state index in [4.69, 9.17) is 4.74 Å². The van der Waals surface area contributed by atoms with Gasteiger partial charge in [0.05, 0.1) is 6.10 Å². The highest BCUT2D eigenvalue weighted by Crippen LogP contribution is 2.15. The first-order chi connectivity index (χ1) is 9.06. The predicted octanol–water partition coefficient (Wildman–Crippen LogP) is 3.39. The molecule has 0 heterocycles. The van der Waals surface area contributed by atoms with Gasteiger partial charge in [-0.25, -0.2) is 0 Å². The number of carbonyl (C=O) groups is 1. The third-order valence-corrected chi connectivity index (χ3v) is 3.10. The third-order valence-electron chi connectivity index (χ3n) is 3.10. The van der Waals surface area contributed by atoms with Gasteiger partial charge in [0.25, 0.3) is 0 Å². The smallest absolute Gasteiger partial charge is 0.164 e. The largest absolute Gasteiger partial charge is 0.491 e. The monoisotopic (exact) mass is 263 g/mol. The van der Waals surface area contributed by atoms with Crippen molar-refractivity contribution < 1.29 is 9.53 Å². The zero-order valence-corrected chi connectivity index (χ0v) is 12.5. The van der Waals surface area contributed by atoms with Crippen molar-refractivity contribution in [3.8, 4) is 5.75 Å². The van der Waals surface area contributed by atoms with Gasteiger partial charge in [0, 0.05) is 18.5 Å². The van der Waals surface area contributed by atoms with Gasteiger partial charge in [0.2, 0.25) is 0 Å². The van der Waals surface area contributed by atoms with Gasteiger partial charge in [-0.3, -0.25) is 4.79 Å². The van der Waals surface area contributed by atoms with Crippen LogP contribution in [0, 0.1) is 0 Å². The Morgan fingerprint density at radius 3 is 2.21 bits per heavy atom. The van der Waals surface area contributed by atoms with Crippen LogP contribution >= 0.6 is 0 Å². The number of nitrogens with zero attached hydrogens (tertiary/aromatic N) is 1. The third kappa shape index (κ3) is 5.43. The molecule has 0 saturated carbocycles. The number of hydrogen-bond donors (Lipinski definition) is 0. The molecule has 0 saturated heterocycles. The molecule has 19 heavy (non-hydrogen) atoms. The van der Waals surface area contributed by atoms with Crippen LogP contribution in [0.4, 0.5) is 0 Å². The molecule has 3 heteroatoms. The molecule has 0 radical (unpaired) electrons. The maximum atomic E-state index is 12.0. The first-order valence-corrected chi connectivity index (χ1v) is 7.09. The van der Waals surface area contributed by atoms with Crippen molar-refractivity contribution in [2.75, 3.05) is 19.6 Å². The molecule has 0 spiro atoms. The summed E-state index contributed by atoms with van der Waals surface area (Å²) >= 11 is 0. The van der Waals surface area contributed by atoms with Crippen molar-refractivity contribution in [2.45, 2.75) is 40.2 Å². The summed E-state index contributed by atoms with van der Waals surface area (Å²) in [4.78, 5) is 14.3. The molecule has 0 N–H and O–H groups in total. The lowest BCUT2D eigenvalue weighted by molar-refractivity contribution is 0.0966. The fourth-order valence-electron chi connectivity index (χ4n) is 1.94. The molecule has 0 aliphatic rings. The van der Waals surface area contributed by atoms with Gasteiger partial charge in [-0.05, 0) is 51.2 Å². The van der Waals surface area contributed by atoms with Crippen LogP contribution in [-0.4, -0.2) is 36.4 Å². The Labute approximate surface area is 116 Å². The fourth-order valence-corrected chi connectivity index (χ4v) is 1.94. The van der Waals surface area contributed by atoms with Crippen LogP contribution in [0.2, 0.25) is 0 Å². The lowest BCUT2D eigenvalue weighted by atomic mass is 10.1. The maximum Gasteiger partial charge on any atom is 0.164 e. The zero-order chi connectivity index (χ0) is 14.3. The number of rotatable bonds is 8. The molecule has 0 aliphatic heterocycles. The molecule has 0 aromatic heterocycles. The van der Waals surface area contributed by atoms with Crippen LogP contribution < -0.4 is 4.74 Å². The van der Waals surface area contributed by atoms with E-state index in [9.17, 15) is 4.79 Å². The summed E-state index contributed by atoms with van der Waals surface area (Å²) in [5.74, 6) is 1.01. The molecule has 0 atom stereocenters. The van der Waals surface area contributed by atoms with E-state index < -0.39 is 0 Å². The van der Waals surface area contributed by atoms with Gasteiger partial charge < -0.3 is 9.64 Å². The summed E-state index contributed by atoms with van der Waals surface area (Å²) in [7, 11) is 0. The summed E-state index contributed by atoms with van der Waals surface area (Å²) in [6.07, 6.45) is 0.732. The Hall–Kier alpha value is -1.35. The first-order valence-electron chi connectivity index (χ1n) is 7.09. The van der Waals surface area contributed by atoms with Crippen molar-refractivity contribution in [1.82, 2.24) is 4.90 Å². The molecule has 0 bridgehead atoms. The van der Waals surface area contributed by atoms with Crippen molar-refractivity contribution in [3.05, 3.63) is 29.8 Å². The normalized spacial score (nSPS) is 11.1. The number of Topliss-reactive ketones (excluding diaryl/α,β-unsaturated/α-hetero) is 1. The minimum Gasteiger partial charge on any atom is -0.491 e. The average Bonchev–Trinajstić information content (AvgIpc) is 2.39. The SMILES string of the molecule is CCN(CC)CCC(=O)c1ccc(OC(C)C)cc1. The summed E-state index contributed by atoms with van der Waals surface area (Å²) < 4.78 is 5.56. The van der Waals surface area contributed by atoms with Crippen LogP contribution in [0.15, 0.2) is 24.3 Å². The minimum absolute atomic E-state index is 0.157. The summed E-state index contributed by atoms with van der Waals surface area (Å²) in [6.45, 7) is 11.0. The van der Waals surface area contributed by atoms with Crippen LogP contribution in [0.5, 0.6) is 5.75 Å². The molecule has 0 amide bonds. The van der Waals surface area contributed by atoms with Gasteiger partial charge in [-0.2, -0.15) is 0 Å². The van der Waals surface area contributed by atoms with E-state index in [-0.39, 0.29) is 11.9 Å². The number of hydrogen-bond acceptors (Lipinski definition) is 3. The standard InChI is InChI=1S/C16H25NO2/c1-5-17(6-2)12-11-16(18)14-7-9-15(10-8-14)19-13(3)4/h7-10,13H,5-6,11-12H2,1-4H3. The van der Waals surface area contributed by atoms with Crippen molar-refractivity contribution >= 4 is 5.78 Å². The van der Waals surface area contributed by atoms with Gasteiger partial charge in [0.1, 0.15) is 5.75 Å². The first kappa shape index (κ1) is 15.7. The second-order valence-corrected chi connectivity index (χ2v) is 4.89. The Bertz CT molecular complexity index is 380. The number of carbonyl (C=O) groups excluding carboxylic acids is 1. The molecule has 0 unspecified atom stereocenters. The van der Waals surface area contributed by atoms with Crippen LogP contribution in [-0.2, 0) is 0 Å². The van der Waals surface area contributed by atoms with E-state index in [0.29, 0.717) is 6.42 Å². The highest BCUT2D eigenvalue weighted by Gasteiger charge is 2.08. The number of ketones is 1. The molecule has 1 rings (SSSR count). The summed E-state index contributed by atoms with van der Waals surface area (Å²) in [5, 5.41) is 0. The van der Waals surface area contributed by atoms with E-state index in [1.54, 1.807) is 0 Å². The molecule has 0 fully saturated rings. The van der Waals surface area contributed by atoms with E-state index in [0.717, 1.165) is 30.9 Å². The van der Waals surface area contributed by atoms with Gasteiger partial charge in [0.15, 0.2) is 5.78 Å². The van der Waals surface area contributed by atoms with Crippen molar-refractivity contribution in [1.29, 1.82) is 0 Å². The Balaban J connectivity index is 2.53. The number of benzene rings is 1. The van der Waals surface area contributed by atoms with Crippen LogP contribution in [0.1, 0.15) is 44.5 Å². The molecule has 3 nitrogen and oxygen atoms in total. The van der Waals surface area contributed by atoms with Crippen LogP contribution in [0.3, 0.4) is 0 Å². The Morgan fingerprint density at radius 1 is 1.16 bits per heavy atom. The highest BCUT2D eigenvalue weighted by atomic mass is 16.5. The fraction of sp³-hybridized carbons (Fsp3) is 0.562. The van der Waals surface area contributed by atoms with Gasteiger partial charge in [-0.1, -0.05) is 13.8 Å². The van der Waals surface area contributed by atoms with Gasteiger partial charge in [-0.15, -0.1) is 0 Å². The summed E-state index contributed by atoms with van der Waals surface area (Å²) in [5.41, 5.74) is 0.767. The Kier molecular flexibility index (Phi) is 6.57. The number of ether oxygens (including phenoxy) is 1. The lowest BCUT2D eigenvalue weighted by Crippen LogP contribution is -2.25. The maximum absolute atomic E-state index is 12.0. The second kappa shape index (κ2) is 7.95. The lowest BCUT2D eigenvalue weighted by Gasteiger charge is -2.17. The van der Waals surface area contributed by atoms with Crippen molar-refractivity contribution in [3.63, 3.8) is 0 Å². The zero-order valence-electron chi connectivity index (χ0n) is 12.5. The summed E-state index contributed by atoms with van der Waals surface area (Å²) in [6, 6.07) is 7.43. The molecular weight excluding hydrogens is 238 g/mol. The molecular formula is C16H25NO2. The van der Waals surface area contributed by atoms with E-state index in [1.807, 2.05) is 38.1 Å². The average molecular weight is 263 g/mol. The topological polar surface area (TPSA) is 29.5 Å². The van der Waals surface area contributed by atoms with Crippen molar-refractivity contribution in [2.24, 2.45) is 0 Å². The molecule has 1 aromatic carbocycles.